The minimum atomic E-state index is -0.0931. The van der Waals surface area contributed by atoms with Gasteiger partial charge in [-0.15, -0.1) is 0 Å². The molecule has 3 aromatic rings. The molecule has 0 aliphatic rings. The fourth-order valence-corrected chi connectivity index (χ4v) is 2.90. The molecule has 0 radical (unpaired) electrons. The zero-order chi connectivity index (χ0) is 19.1. The maximum absolute atomic E-state index is 12.3. The molecule has 138 valence electrons. The highest BCUT2D eigenvalue weighted by Gasteiger charge is 2.07. The Morgan fingerprint density at radius 1 is 0.963 bits per heavy atom. The van der Waals surface area contributed by atoms with Gasteiger partial charge in [0.05, 0.1) is 0 Å². The fraction of sp³-hybridized carbons (Fsp3) is 0.174. The standard InChI is InChI=1S/C23H22ClNO2/c1-2-18-5-3-4-6-22(18)27-21-13-9-19(10-14-21)23(26)25-16-15-17-7-11-20(24)12-8-17/h3-14H,2,15-16H2,1H3,(H,25,26). The Hall–Kier alpha value is -2.78. The molecule has 1 N–H and O–H groups in total. The van der Waals surface area contributed by atoms with E-state index in [4.69, 9.17) is 16.3 Å². The largest absolute Gasteiger partial charge is 0.457 e. The van der Waals surface area contributed by atoms with Crippen LogP contribution in [0, 0.1) is 0 Å². The molecular weight excluding hydrogens is 358 g/mol. The molecule has 0 atom stereocenters. The Morgan fingerprint density at radius 3 is 2.37 bits per heavy atom. The summed E-state index contributed by atoms with van der Waals surface area (Å²) in [6.07, 6.45) is 1.67. The van der Waals surface area contributed by atoms with E-state index < -0.39 is 0 Å². The van der Waals surface area contributed by atoms with Gasteiger partial charge >= 0.3 is 0 Å². The lowest BCUT2D eigenvalue weighted by molar-refractivity contribution is 0.0954. The smallest absolute Gasteiger partial charge is 0.251 e. The van der Waals surface area contributed by atoms with E-state index in [-0.39, 0.29) is 5.91 Å². The van der Waals surface area contributed by atoms with Crippen LogP contribution in [0.2, 0.25) is 5.02 Å². The van der Waals surface area contributed by atoms with Crippen molar-refractivity contribution < 1.29 is 9.53 Å². The third-order valence-electron chi connectivity index (χ3n) is 4.31. The fourth-order valence-electron chi connectivity index (χ4n) is 2.77. The first-order valence-electron chi connectivity index (χ1n) is 9.04. The van der Waals surface area contributed by atoms with Gasteiger partial charge in [0.2, 0.25) is 0 Å². The quantitative estimate of drug-likeness (QED) is 0.574. The topological polar surface area (TPSA) is 38.3 Å². The van der Waals surface area contributed by atoms with Crippen LogP contribution in [0.5, 0.6) is 11.5 Å². The van der Waals surface area contributed by atoms with Crippen LogP contribution in [-0.2, 0) is 12.8 Å². The van der Waals surface area contributed by atoms with Crippen molar-refractivity contribution in [3.8, 4) is 11.5 Å². The molecule has 1 amide bonds. The summed E-state index contributed by atoms with van der Waals surface area (Å²) in [7, 11) is 0. The van der Waals surface area contributed by atoms with E-state index >= 15 is 0 Å². The van der Waals surface area contributed by atoms with Crippen molar-refractivity contribution >= 4 is 17.5 Å². The maximum atomic E-state index is 12.3. The molecule has 0 saturated carbocycles. The molecule has 0 aromatic heterocycles. The van der Waals surface area contributed by atoms with E-state index in [2.05, 4.69) is 18.3 Å². The number of carbonyl (C=O) groups is 1. The molecule has 3 aromatic carbocycles. The van der Waals surface area contributed by atoms with E-state index in [0.717, 1.165) is 29.7 Å². The van der Waals surface area contributed by atoms with Crippen LogP contribution in [0.25, 0.3) is 0 Å². The van der Waals surface area contributed by atoms with Crippen LogP contribution in [0.15, 0.2) is 72.8 Å². The third-order valence-corrected chi connectivity index (χ3v) is 4.56. The first-order chi connectivity index (χ1) is 13.2. The highest BCUT2D eigenvalue weighted by molar-refractivity contribution is 6.30. The van der Waals surface area contributed by atoms with Crippen molar-refractivity contribution in [2.45, 2.75) is 19.8 Å². The molecule has 27 heavy (non-hydrogen) atoms. The number of para-hydroxylation sites is 1. The van der Waals surface area contributed by atoms with Crippen molar-refractivity contribution in [2.75, 3.05) is 6.54 Å². The van der Waals surface area contributed by atoms with Gasteiger partial charge in [-0.2, -0.15) is 0 Å². The lowest BCUT2D eigenvalue weighted by atomic mass is 10.1. The van der Waals surface area contributed by atoms with E-state index in [1.54, 1.807) is 12.1 Å². The van der Waals surface area contributed by atoms with Crippen LogP contribution in [0.1, 0.15) is 28.4 Å². The van der Waals surface area contributed by atoms with Crippen molar-refractivity contribution in [2.24, 2.45) is 0 Å². The zero-order valence-electron chi connectivity index (χ0n) is 15.2. The minimum absolute atomic E-state index is 0.0931. The minimum Gasteiger partial charge on any atom is -0.457 e. The molecular formula is C23H22ClNO2. The van der Waals surface area contributed by atoms with Gasteiger partial charge in [-0.1, -0.05) is 48.9 Å². The van der Waals surface area contributed by atoms with Crippen LogP contribution in [-0.4, -0.2) is 12.5 Å². The monoisotopic (exact) mass is 379 g/mol. The van der Waals surface area contributed by atoms with Gasteiger partial charge in [0.15, 0.2) is 0 Å². The molecule has 0 bridgehead atoms. The summed E-state index contributed by atoms with van der Waals surface area (Å²) in [5.74, 6) is 1.47. The summed E-state index contributed by atoms with van der Waals surface area (Å²) in [6, 6.07) is 22.8. The average Bonchev–Trinajstić information content (AvgIpc) is 2.70. The van der Waals surface area contributed by atoms with Gasteiger partial charge in [0.25, 0.3) is 5.91 Å². The molecule has 0 fully saturated rings. The normalized spacial score (nSPS) is 10.4. The number of hydrogen-bond acceptors (Lipinski definition) is 2. The zero-order valence-corrected chi connectivity index (χ0v) is 16.0. The predicted octanol–water partition coefficient (Wildman–Crippen LogP) is 5.67. The SMILES string of the molecule is CCc1ccccc1Oc1ccc(C(=O)NCCc2ccc(Cl)cc2)cc1. The predicted molar refractivity (Wildman–Crippen MR) is 110 cm³/mol. The molecule has 0 unspecified atom stereocenters. The van der Waals surface area contributed by atoms with Crippen molar-refractivity contribution in [3.05, 3.63) is 94.5 Å². The summed E-state index contributed by atoms with van der Waals surface area (Å²) >= 11 is 5.88. The highest BCUT2D eigenvalue weighted by atomic mass is 35.5. The van der Waals surface area contributed by atoms with Gasteiger partial charge in [-0.3, -0.25) is 4.79 Å². The third kappa shape index (κ3) is 5.35. The second kappa shape index (κ2) is 9.24. The molecule has 3 rings (SSSR count). The van der Waals surface area contributed by atoms with Gasteiger partial charge in [0, 0.05) is 17.1 Å². The molecule has 0 heterocycles. The van der Waals surface area contributed by atoms with Crippen molar-refractivity contribution in [1.82, 2.24) is 5.32 Å². The summed E-state index contributed by atoms with van der Waals surface area (Å²) in [4.78, 5) is 12.3. The molecule has 0 saturated heterocycles. The Kier molecular flexibility index (Phi) is 6.50. The maximum Gasteiger partial charge on any atom is 0.251 e. The number of rotatable bonds is 7. The highest BCUT2D eigenvalue weighted by Crippen LogP contribution is 2.25. The van der Waals surface area contributed by atoms with E-state index in [0.29, 0.717) is 22.9 Å². The Morgan fingerprint density at radius 2 is 1.67 bits per heavy atom. The van der Waals surface area contributed by atoms with E-state index in [9.17, 15) is 4.79 Å². The lowest BCUT2D eigenvalue weighted by Crippen LogP contribution is -2.25. The Balaban J connectivity index is 1.54. The second-order valence-electron chi connectivity index (χ2n) is 6.22. The van der Waals surface area contributed by atoms with Crippen LogP contribution >= 0.6 is 11.6 Å². The average molecular weight is 380 g/mol. The van der Waals surface area contributed by atoms with Gasteiger partial charge in [-0.25, -0.2) is 0 Å². The number of carbonyl (C=O) groups excluding carboxylic acids is 1. The van der Waals surface area contributed by atoms with Crippen molar-refractivity contribution in [3.63, 3.8) is 0 Å². The summed E-state index contributed by atoms with van der Waals surface area (Å²) in [6.45, 7) is 2.67. The van der Waals surface area contributed by atoms with Gasteiger partial charge < -0.3 is 10.1 Å². The first kappa shape index (κ1) is 19.0. The molecule has 4 heteroatoms. The second-order valence-corrected chi connectivity index (χ2v) is 6.66. The molecule has 0 aliphatic carbocycles. The number of amides is 1. The number of benzene rings is 3. The Labute approximate surface area is 164 Å². The number of ether oxygens (including phenoxy) is 1. The van der Waals surface area contributed by atoms with E-state index in [1.807, 2.05) is 54.6 Å². The summed E-state index contributed by atoms with van der Waals surface area (Å²) in [5.41, 5.74) is 2.90. The summed E-state index contributed by atoms with van der Waals surface area (Å²) in [5, 5.41) is 3.65. The first-order valence-corrected chi connectivity index (χ1v) is 9.42. The lowest BCUT2D eigenvalue weighted by Gasteiger charge is -2.10. The Bertz CT molecular complexity index is 889. The molecule has 0 aliphatic heterocycles. The molecule has 0 spiro atoms. The number of hydrogen-bond donors (Lipinski definition) is 1. The van der Waals surface area contributed by atoms with Crippen LogP contribution < -0.4 is 10.1 Å². The summed E-state index contributed by atoms with van der Waals surface area (Å²) < 4.78 is 5.94. The van der Waals surface area contributed by atoms with Gasteiger partial charge in [0.1, 0.15) is 11.5 Å². The van der Waals surface area contributed by atoms with Crippen LogP contribution in [0.4, 0.5) is 0 Å². The van der Waals surface area contributed by atoms with Crippen molar-refractivity contribution in [1.29, 1.82) is 0 Å². The van der Waals surface area contributed by atoms with E-state index in [1.165, 1.54) is 0 Å². The van der Waals surface area contributed by atoms with Crippen LogP contribution in [0.3, 0.4) is 0 Å². The molecule has 3 nitrogen and oxygen atoms in total. The van der Waals surface area contributed by atoms with Gasteiger partial charge in [-0.05, 0) is 66.4 Å². The number of aryl methyl sites for hydroxylation is 1. The number of nitrogens with one attached hydrogen (secondary N) is 1. The number of halogens is 1.